The molecular formula is C22H24N4O3. The van der Waals surface area contributed by atoms with E-state index >= 15 is 0 Å². The van der Waals surface area contributed by atoms with Crippen molar-refractivity contribution in [2.75, 3.05) is 19.0 Å². The predicted molar refractivity (Wildman–Crippen MR) is 110 cm³/mol. The van der Waals surface area contributed by atoms with E-state index in [1.807, 2.05) is 55.5 Å². The zero-order valence-corrected chi connectivity index (χ0v) is 16.6. The van der Waals surface area contributed by atoms with Gasteiger partial charge in [-0.05, 0) is 50.5 Å². The second kappa shape index (κ2) is 8.34. The minimum atomic E-state index is -0.228. The highest BCUT2D eigenvalue weighted by Gasteiger charge is 2.32. The van der Waals surface area contributed by atoms with Crippen LogP contribution in [0.5, 0.6) is 5.75 Å². The first-order valence-corrected chi connectivity index (χ1v) is 9.76. The summed E-state index contributed by atoms with van der Waals surface area (Å²) in [4.78, 5) is 19.3. The molecule has 1 aliphatic heterocycles. The molecule has 1 aromatic heterocycles. The molecule has 4 rings (SSSR count). The van der Waals surface area contributed by atoms with Crippen molar-refractivity contribution < 1.29 is 14.1 Å². The first kappa shape index (κ1) is 19.0. The molecule has 0 radical (unpaired) electrons. The molecule has 1 atom stereocenters. The van der Waals surface area contributed by atoms with E-state index in [2.05, 4.69) is 15.5 Å². The Morgan fingerprint density at radius 3 is 2.62 bits per heavy atom. The Bertz CT molecular complexity index is 966. The number of hydrogen-bond donors (Lipinski definition) is 1. The topological polar surface area (TPSA) is 80.5 Å². The van der Waals surface area contributed by atoms with Crippen LogP contribution < -0.4 is 10.1 Å². The molecule has 2 aromatic carbocycles. The standard InChI is InChI=1S/C22H24N4O3/c1-15-6-8-16(9-7-15)20-24-21(29-25-20)19-5-3-4-14-26(19)22(27)23-17-10-12-18(28-2)13-11-17/h6-13,19H,3-5,14H2,1-2H3,(H,23,27). The van der Waals surface area contributed by atoms with Crippen LogP contribution in [0, 0.1) is 6.92 Å². The molecule has 0 bridgehead atoms. The lowest BCUT2D eigenvalue weighted by Crippen LogP contribution is -2.41. The molecule has 0 aliphatic carbocycles. The highest BCUT2D eigenvalue weighted by Crippen LogP contribution is 2.32. The van der Waals surface area contributed by atoms with Gasteiger partial charge in [0.05, 0.1) is 7.11 Å². The molecule has 1 N–H and O–H groups in total. The molecule has 0 spiro atoms. The van der Waals surface area contributed by atoms with Crippen LogP contribution in [0.3, 0.4) is 0 Å². The number of nitrogens with one attached hydrogen (secondary N) is 1. The van der Waals surface area contributed by atoms with E-state index in [0.717, 1.165) is 30.6 Å². The molecule has 29 heavy (non-hydrogen) atoms. The summed E-state index contributed by atoms with van der Waals surface area (Å²) in [6.45, 7) is 2.68. The number of ether oxygens (including phenoxy) is 1. The summed E-state index contributed by atoms with van der Waals surface area (Å²) in [5, 5.41) is 7.08. The van der Waals surface area contributed by atoms with Gasteiger partial charge in [-0.2, -0.15) is 4.98 Å². The number of urea groups is 1. The van der Waals surface area contributed by atoms with E-state index in [1.165, 1.54) is 5.56 Å². The Morgan fingerprint density at radius 1 is 1.14 bits per heavy atom. The van der Waals surface area contributed by atoms with Crippen LogP contribution in [-0.4, -0.2) is 34.7 Å². The summed E-state index contributed by atoms with van der Waals surface area (Å²) in [5.41, 5.74) is 2.78. The lowest BCUT2D eigenvalue weighted by molar-refractivity contribution is 0.142. The molecule has 7 nitrogen and oxygen atoms in total. The van der Waals surface area contributed by atoms with Crippen LogP contribution in [0.4, 0.5) is 10.5 Å². The Balaban J connectivity index is 1.51. The predicted octanol–water partition coefficient (Wildman–Crippen LogP) is 4.81. The van der Waals surface area contributed by atoms with Gasteiger partial charge in [-0.25, -0.2) is 4.79 Å². The van der Waals surface area contributed by atoms with E-state index in [9.17, 15) is 4.79 Å². The zero-order valence-electron chi connectivity index (χ0n) is 16.6. The summed E-state index contributed by atoms with van der Waals surface area (Å²) in [6, 6.07) is 14.8. The number of anilines is 1. The summed E-state index contributed by atoms with van der Waals surface area (Å²) in [7, 11) is 1.61. The quantitative estimate of drug-likeness (QED) is 0.689. The number of benzene rings is 2. The summed E-state index contributed by atoms with van der Waals surface area (Å²) in [6.07, 6.45) is 2.76. The smallest absolute Gasteiger partial charge is 0.322 e. The maximum atomic E-state index is 12.9. The SMILES string of the molecule is COc1ccc(NC(=O)N2CCCCC2c2nc(-c3ccc(C)cc3)no2)cc1. The average Bonchev–Trinajstić information content (AvgIpc) is 3.25. The van der Waals surface area contributed by atoms with E-state index < -0.39 is 0 Å². The average molecular weight is 392 g/mol. The Labute approximate surface area is 169 Å². The molecule has 0 saturated carbocycles. The monoisotopic (exact) mass is 392 g/mol. The largest absolute Gasteiger partial charge is 0.497 e. The fourth-order valence-corrected chi connectivity index (χ4v) is 3.49. The first-order valence-electron chi connectivity index (χ1n) is 9.76. The number of rotatable bonds is 4. The van der Waals surface area contributed by atoms with Crippen LogP contribution in [-0.2, 0) is 0 Å². The summed E-state index contributed by atoms with van der Waals surface area (Å²) in [5.74, 6) is 1.76. The number of hydrogen-bond acceptors (Lipinski definition) is 5. The number of amides is 2. The summed E-state index contributed by atoms with van der Waals surface area (Å²) < 4.78 is 10.7. The third-order valence-corrected chi connectivity index (χ3v) is 5.14. The second-order valence-corrected chi connectivity index (χ2v) is 7.19. The fourth-order valence-electron chi connectivity index (χ4n) is 3.49. The molecule has 1 fully saturated rings. The number of carbonyl (C=O) groups is 1. The third kappa shape index (κ3) is 4.23. The van der Waals surface area contributed by atoms with Gasteiger partial charge in [0.15, 0.2) is 0 Å². The number of methoxy groups -OCH3 is 1. The van der Waals surface area contributed by atoms with Crippen molar-refractivity contribution in [3.63, 3.8) is 0 Å². The van der Waals surface area contributed by atoms with E-state index in [0.29, 0.717) is 23.9 Å². The van der Waals surface area contributed by atoms with Gasteiger partial charge in [-0.15, -0.1) is 0 Å². The fraction of sp³-hybridized carbons (Fsp3) is 0.318. The number of aromatic nitrogens is 2. The van der Waals surface area contributed by atoms with Gasteiger partial charge in [-0.3, -0.25) is 0 Å². The minimum absolute atomic E-state index is 0.171. The van der Waals surface area contributed by atoms with Crippen LogP contribution in [0.15, 0.2) is 53.1 Å². The Hall–Kier alpha value is -3.35. The Kier molecular flexibility index (Phi) is 5.46. The van der Waals surface area contributed by atoms with Crippen LogP contribution >= 0.6 is 0 Å². The van der Waals surface area contributed by atoms with Crippen molar-refractivity contribution in [1.82, 2.24) is 15.0 Å². The minimum Gasteiger partial charge on any atom is -0.497 e. The summed E-state index contributed by atoms with van der Waals surface area (Å²) >= 11 is 0. The van der Waals surface area contributed by atoms with Crippen LogP contribution in [0.1, 0.15) is 36.8 Å². The maximum Gasteiger partial charge on any atom is 0.322 e. The van der Waals surface area contributed by atoms with Gasteiger partial charge in [0.25, 0.3) is 0 Å². The normalized spacial score (nSPS) is 16.5. The van der Waals surface area contributed by atoms with Gasteiger partial charge >= 0.3 is 6.03 Å². The van der Waals surface area contributed by atoms with Crippen molar-refractivity contribution in [3.05, 3.63) is 60.0 Å². The highest BCUT2D eigenvalue weighted by molar-refractivity contribution is 5.89. The van der Waals surface area contributed by atoms with Crippen molar-refractivity contribution in [2.45, 2.75) is 32.2 Å². The van der Waals surface area contributed by atoms with Gasteiger partial charge in [-0.1, -0.05) is 35.0 Å². The molecule has 2 amide bonds. The molecular weight excluding hydrogens is 368 g/mol. The highest BCUT2D eigenvalue weighted by atomic mass is 16.5. The van der Waals surface area contributed by atoms with E-state index in [4.69, 9.17) is 9.26 Å². The van der Waals surface area contributed by atoms with Crippen molar-refractivity contribution in [2.24, 2.45) is 0 Å². The lowest BCUT2D eigenvalue weighted by Gasteiger charge is -2.33. The second-order valence-electron chi connectivity index (χ2n) is 7.19. The molecule has 2 heterocycles. The van der Waals surface area contributed by atoms with Crippen molar-refractivity contribution in [1.29, 1.82) is 0 Å². The van der Waals surface area contributed by atoms with Crippen molar-refractivity contribution in [3.8, 4) is 17.1 Å². The zero-order chi connectivity index (χ0) is 20.2. The molecule has 150 valence electrons. The number of likely N-dealkylation sites (tertiary alicyclic amines) is 1. The molecule has 3 aromatic rings. The number of aryl methyl sites for hydroxylation is 1. The van der Waals surface area contributed by atoms with Gasteiger partial charge in [0.2, 0.25) is 11.7 Å². The number of piperidine rings is 1. The third-order valence-electron chi connectivity index (χ3n) is 5.14. The Morgan fingerprint density at radius 2 is 1.90 bits per heavy atom. The lowest BCUT2D eigenvalue weighted by atomic mass is 10.0. The molecule has 1 aliphatic rings. The van der Waals surface area contributed by atoms with Gasteiger partial charge in [0.1, 0.15) is 11.8 Å². The van der Waals surface area contributed by atoms with Crippen LogP contribution in [0.2, 0.25) is 0 Å². The van der Waals surface area contributed by atoms with E-state index in [1.54, 1.807) is 12.0 Å². The first-order chi connectivity index (χ1) is 14.1. The van der Waals surface area contributed by atoms with Crippen molar-refractivity contribution >= 4 is 11.7 Å². The van der Waals surface area contributed by atoms with Gasteiger partial charge in [0, 0.05) is 17.8 Å². The molecule has 7 heteroatoms. The molecule has 1 unspecified atom stereocenters. The number of nitrogens with zero attached hydrogens (tertiary/aromatic N) is 3. The van der Waals surface area contributed by atoms with Gasteiger partial charge < -0.3 is 19.5 Å². The van der Waals surface area contributed by atoms with E-state index in [-0.39, 0.29) is 12.1 Å². The van der Waals surface area contributed by atoms with Crippen LogP contribution in [0.25, 0.3) is 11.4 Å². The molecule has 1 saturated heterocycles. The maximum absolute atomic E-state index is 12.9. The number of carbonyl (C=O) groups excluding carboxylic acids is 1.